The van der Waals surface area contributed by atoms with E-state index in [0.29, 0.717) is 12.1 Å². The first-order valence-corrected chi connectivity index (χ1v) is 10.2. The molecule has 1 amide bonds. The van der Waals surface area contributed by atoms with Gasteiger partial charge in [-0.25, -0.2) is 4.98 Å². The van der Waals surface area contributed by atoms with E-state index in [1.807, 2.05) is 66.2 Å². The lowest BCUT2D eigenvalue weighted by Crippen LogP contribution is -2.24. The summed E-state index contributed by atoms with van der Waals surface area (Å²) in [6.07, 6.45) is 5.41. The topological polar surface area (TPSA) is 62.7 Å². The van der Waals surface area contributed by atoms with Crippen LogP contribution in [0, 0.1) is 6.92 Å². The number of hydrogen-bond acceptors (Lipinski definition) is 2. The van der Waals surface area contributed by atoms with Crippen molar-refractivity contribution in [2.45, 2.75) is 13.5 Å². The summed E-state index contributed by atoms with van der Waals surface area (Å²) in [7, 11) is 0. The number of carbonyl (C=O) groups is 1. The number of aromatic amines is 1. The van der Waals surface area contributed by atoms with Crippen molar-refractivity contribution in [1.82, 2.24) is 19.9 Å². The minimum Gasteiger partial charge on any atom is -0.348 e. The van der Waals surface area contributed by atoms with Gasteiger partial charge in [-0.05, 0) is 28.8 Å². The largest absolute Gasteiger partial charge is 0.348 e. The first kappa shape index (κ1) is 18.9. The van der Waals surface area contributed by atoms with E-state index in [1.54, 1.807) is 12.5 Å². The lowest BCUT2D eigenvalue weighted by Gasteiger charge is -2.10. The van der Waals surface area contributed by atoms with E-state index in [2.05, 4.69) is 39.6 Å². The summed E-state index contributed by atoms with van der Waals surface area (Å²) in [5, 5.41) is 5.35. The van der Waals surface area contributed by atoms with Gasteiger partial charge < -0.3 is 14.9 Å². The molecule has 2 heterocycles. The number of aromatic nitrogens is 3. The van der Waals surface area contributed by atoms with Crippen molar-refractivity contribution in [2.24, 2.45) is 0 Å². The maximum absolute atomic E-state index is 13.4. The van der Waals surface area contributed by atoms with Crippen molar-refractivity contribution >= 4 is 16.7 Å². The number of H-pyrrole nitrogens is 1. The Morgan fingerprint density at radius 2 is 1.74 bits per heavy atom. The maximum atomic E-state index is 13.4. The molecule has 0 fully saturated rings. The Morgan fingerprint density at radius 1 is 0.968 bits per heavy atom. The molecule has 5 heteroatoms. The average Bonchev–Trinajstić information content (AvgIpc) is 3.46. The molecule has 3 aromatic carbocycles. The minimum absolute atomic E-state index is 0.0949. The normalized spacial score (nSPS) is 11.0. The van der Waals surface area contributed by atoms with Gasteiger partial charge >= 0.3 is 0 Å². The molecule has 0 radical (unpaired) electrons. The molecule has 0 aliphatic carbocycles. The van der Waals surface area contributed by atoms with Gasteiger partial charge in [-0.15, -0.1) is 0 Å². The van der Waals surface area contributed by atoms with Crippen LogP contribution in [0.3, 0.4) is 0 Å². The molecule has 0 bridgehead atoms. The van der Waals surface area contributed by atoms with Crippen LogP contribution in [0.2, 0.25) is 0 Å². The molecular weight excluding hydrogens is 384 g/mol. The number of fused-ring (bicyclic) bond motifs is 1. The molecule has 152 valence electrons. The van der Waals surface area contributed by atoms with Crippen LogP contribution < -0.4 is 5.32 Å². The Balaban J connectivity index is 1.63. The molecule has 2 aromatic heterocycles. The quantitative estimate of drug-likeness (QED) is 0.418. The Labute approximate surface area is 180 Å². The molecule has 0 saturated heterocycles. The standard InChI is InChI=1S/C26H22N4O/c1-18-25(26(31)28-14-19-8-3-2-4-9-19)23(16-30(18)24-15-27-17-29-24)22-13-7-11-20-10-5-6-12-21(20)22/h2-13,15-17H,14H2,1H3,(H,27,29)(H,28,31). The molecule has 0 atom stereocenters. The molecular formula is C26H22N4O. The summed E-state index contributed by atoms with van der Waals surface area (Å²) >= 11 is 0. The Bertz CT molecular complexity index is 1350. The zero-order valence-corrected chi connectivity index (χ0v) is 17.2. The zero-order valence-electron chi connectivity index (χ0n) is 17.2. The van der Waals surface area contributed by atoms with E-state index in [0.717, 1.165) is 39.0 Å². The monoisotopic (exact) mass is 406 g/mol. The van der Waals surface area contributed by atoms with Crippen LogP contribution in [-0.2, 0) is 6.54 Å². The van der Waals surface area contributed by atoms with Crippen LogP contribution in [0.4, 0.5) is 0 Å². The summed E-state index contributed by atoms with van der Waals surface area (Å²) in [6, 6.07) is 24.4. The number of nitrogens with zero attached hydrogens (tertiary/aromatic N) is 2. The van der Waals surface area contributed by atoms with Crippen molar-refractivity contribution in [2.75, 3.05) is 0 Å². The van der Waals surface area contributed by atoms with E-state index in [1.165, 1.54) is 0 Å². The van der Waals surface area contributed by atoms with Crippen LogP contribution in [0.25, 0.3) is 27.7 Å². The fraction of sp³-hybridized carbons (Fsp3) is 0.0769. The van der Waals surface area contributed by atoms with Gasteiger partial charge in [0.05, 0.1) is 18.1 Å². The highest BCUT2D eigenvalue weighted by atomic mass is 16.1. The number of hydrogen-bond donors (Lipinski definition) is 2. The second-order valence-corrected chi connectivity index (χ2v) is 7.51. The molecule has 5 aromatic rings. The van der Waals surface area contributed by atoms with Gasteiger partial charge in [-0.2, -0.15) is 0 Å². The molecule has 2 N–H and O–H groups in total. The molecule has 0 unspecified atom stereocenters. The summed E-state index contributed by atoms with van der Waals surface area (Å²) in [5.74, 6) is 0.726. The van der Waals surface area contributed by atoms with Gasteiger partial charge in [-0.3, -0.25) is 4.79 Å². The molecule has 5 rings (SSSR count). The maximum Gasteiger partial charge on any atom is 0.254 e. The first-order valence-electron chi connectivity index (χ1n) is 10.2. The highest BCUT2D eigenvalue weighted by Crippen LogP contribution is 2.34. The smallest absolute Gasteiger partial charge is 0.254 e. The van der Waals surface area contributed by atoms with Gasteiger partial charge in [0.15, 0.2) is 0 Å². The Kier molecular flexibility index (Phi) is 4.84. The van der Waals surface area contributed by atoms with E-state index in [4.69, 9.17) is 0 Å². The predicted octanol–water partition coefficient (Wildman–Crippen LogP) is 5.26. The second-order valence-electron chi connectivity index (χ2n) is 7.51. The van der Waals surface area contributed by atoms with Gasteiger partial charge in [0, 0.05) is 24.0 Å². The lowest BCUT2D eigenvalue weighted by molar-refractivity contribution is 0.0951. The third kappa shape index (κ3) is 3.51. The number of carbonyl (C=O) groups excluding carboxylic acids is 1. The summed E-state index contributed by atoms with van der Waals surface area (Å²) in [4.78, 5) is 20.7. The number of nitrogens with one attached hydrogen (secondary N) is 2. The van der Waals surface area contributed by atoms with Gasteiger partial charge in [0.1, 0.15) is 5.82 Å². The van der Waals surface area contributed by atoms with Crippen LogP contribution in [0.5, 0.6) is 0 Å². The molecule has 0 saturated carbocycles. The summed E-state index contributed by atoms with van der Waals surface area (Å²) in [5.41, 5.74) is 4.52. The van der Waals surface area contributed by atoms with Crippen molar-refractivity contribution in [3.63, 3.8) is 0 Å². The van der Waals surface area contributed by atoms with Crippen LogP contribution in [-0.4, -0.2) is 20.4 Å². The number of benzene rings is 3. The number of rotatable bonds is 5. The zero-order chi connectivity index (χ0) is 21.2. The van der Waals surface area contributed by atoms with Crippen LogP contribution in [0.1, 0.15) is 21.6 Å². The van der Waals surface area contributed by atoms with E-state index in [9.17, 15) is 4.79 Å². The van der Waals surface area contributed by atoms with Gasteiger partial charge in [-0.1, -0.05) is 72.8 Å². The highest BCUT2D eigenvalue weighted by Gasteiger charge is 2.22. The van der Waals surface area contributed by atoms with Crippen molar-refractivity contribution in [3.8, 4) is 16.9 Å². The minimum atomic E-state index is -0.0949. The predicted molar refractivity (Wildman–Crippen MR) is 123 cm³/mol. The molecule has 0 aliphatic heterocycles. The Hall–Kier alpha value is -4.12. The SMILES string of the molecule is Cc1c(C(=O)NCc2ccccc2)c(-c2cccc3ccccc23)cn1-c1cnc[nH]1. The number of imidazole rings is 1. The summed E-state index contributed by atoms with van der Waals surface area (Å²) in [6.45, 7) is 2.44. The molecule has 0 spiro atoms. The molecule has 0 aliphatic rings. The van der Waals surface area contributed by atoms with Crippen molar-refractivity contribution < 1.29 is 4.79 Å². The van der Waals surface area contributed by atoms with Gasteiger partial charge in [0.25, 0.3) is 5.91 Å². The third-order valence-electron chi connectivity index (χ3n) is 5.60. The lowest BCUT2D eigenvalue weighted by atomic mass is 9.96. The summed E-state index contributed by atoms with van der Waals surface area (Å²) < 4.78 is 1.99. The van der Waals surface area contributed by atoms with Crippen molar-refractivity contribution in [1.29, 1.82) is 0 Å². The fourth-order valence-corrected chi connectivity index (χ4v) is 4.05. The molecule has 5 nitrogen and oxygen atoms in total. The van der Waals surface area contributed by atoms with Crippen LogP contribution in [0.15, 0.2) is 91.5 Å². The third-order valence-corrected chi connectivity index (χ3v) is 5.60. The van der Waals surface area contributed by atoms with E-state index >= 15 is 0 Å². The van der Waals surface area contributed by atoms with Crippen molar-refractivity contribution in [3.05, 3.63) is 108 Å². The molecule has 31 heavy (non-hydrogen) atoms. The Morgan fingerprint density at radius 3 is 2.55 bits per heavy atom. The highest BCUT2D eigenvalue weighted by molar-refractivity contribution is 6.07. The average molecular weight is 406 g/mol. The first-order chi connectivity index (χ1) is 15.2. The fourth-order valence-electron chi connectivity index (χ4n) is 4.05. The van der Waals surface area contributed by atoms with E-state index < -0.39 is 0 Å². The second kappa shape index (κ2) is 7.95. The number of amides is 1. The van der Waals surface area contributed by atoms with Gasteiger partial charge in [0.2, 0.25) is 0 Å². The van der Waals surface area contributed by atoms with E-state index in [-0.39, 0.29) is 5.91 Å². The van der Waals surface area contributed by atoms with Crippen LogP contribution >= 0.6 is 0 Å².